The minimum atomic E-state index is 0.356. The molecule has 14 heavy (non-hydrogen) atoms. The van der Waals surface area contributed by atoms with Crippen molar-refractivity contribution in [3.63, 3.8) is 0 Å². The van der Waals surface area contributed by atoms with Gasteiger partial charge in [-0.25, -0.2) is 0 Å². The van der Waals surface area contributed by atoms with Crippen LogP contribution in [0.4, 0.5) is 0 Å². The summed E-state index contributed by atoms with van der Waals surface area (Å²) in [6.45, 7) is 5.62. The fraction of sp³-hybridized carbons (Fsp3) is 1.00. The van der Waals surface area contributed by atoms with Crippen molar-refractivity contribution in [1.29, 1.82) is 0 Å². The monoisotopic (exact) mass is 198 g/mol. The molecule has 3 unspecified atom stereocenters. The van der Waals surface area contributed by atoms with E-state index in [-0.39, 0.29) is 0 Å². The molecular formula is C12H26N2. The van der Waals surface area contributed by atoms with Crippen LogP contribution in [-0.4, -0.2) is 30.6 Å². The maximum Gasteiger partial charge on any atom is 0.0165 e. The molecule has 84 valence electrons. The second-order valence-corrected chi connectivity index (χ2v) is 4.94. The average molecular weight is 198 g/mol. The van der Waals surface area contributed by atoms with Crippen LogP contribution in [0.3, 0.4) is 0 Å². The Kier molecular flexibility index (Phi) is 4.90. The number of nitrogens with two attached hydrogens (primary N) is 1. The van der Waals surface area contributed by atoms with Crippen LogP contribution >= 0.6 is 0 Å². The zero-order valence-electron chi connectivity index (χ0n) is 10.00. The fourth-order valence-electron chi connectivity index (χ4n) is 2.59. The highest BCUT2D eigenvalue weighted by Gasteiger charge is 2.25. The first kappa shape index (κ1) is 12.0. The van der Waals surface area contributed by atoms with Gasteiger partial charge in [0.1, 0.15) is 0 Å². The van der Waals surface area contributed by atoms with E-state index in [4.69, 9.17) is 5.73 Å². The first-order valence-corrected chi connectivity index (χ1v) is 6.11. The number of hydrogen-bond donors (Lipinski definition) is 1. The van der Waals surface area contributed by atoms with E-state index >= 15 is 0 Å². The lowest BCUT2D eigenvalue weighted by atomic mass is 9.85. The molecule has 0 aromatic heterocycles. The molecule has 2 heteroatoms. The molecule has 0 bridgehead atoms. The number of rotatable bonds is 4. The number of likely N-dealkylation sites (N-methyl/N-ethyl adjacent to an activating group) is 1. The summed E-state index contributed by atoms with van der Waals surface area (Å²) < 4.78 is 0. The van der Waals surface area contributed by atoms with Crippen LogP contribution in [0.2, 0.25) is 0 Å². The minimum absolute atomic E-state index is 0.356. The molecule has 2 N–H and O–H groups in total. The molecular weight excluding hydrogens is 172 g/mol. The van der Waals surface area contributed by atoms with Crippen molar-refractivity contribution in [3.8, 4) is 0 Å². The smallest absolute Gasteiger partial charge is 0.0165 e. The second kappa shape index (κ2) is 5.72. The molecule has 0 radical (unpaired) electrons. The maximum absolute atomic E-state index is 5.98. The second-order valence-electron chi connectivity index (χ2n) is 4.94. The van der Waals surface area contributed by atoms with Gasteiger partial charge in [0.05, 0.1) is 0 Å². The summed E-state index contributed by atoms with van der Waals surface area (Å²) in [6.07, 6.45) is 6.68. The summed E-state index contributed by atoms with van der Waals surface area (Å²) in [6, 6.07) is 1.13. The first-order chi connectivity index (χ1) is 6.65. The van der Waals surface area contributed by atoms with Crippen LogP contribution in [0.25, 0.3) is 0 Å². The summed E-state index contributed by atoms with van der Waals surface area (Å²) in [5, 5.41) is 0. The highest BCUT2D eigenvalue weighted by atomic mass is 15.1. The van der Waals surface area contributed by atoms with Gasteiger partial charge < -0.3 is 10.6 Å². The number of hydrogen-bond acceptors (Lipinski definition) is 2. The van der Waals surface area contributed by atoms with Gasteiger partial charge in [0.15, 0.2) is 0 Å². The maximum atomic E-state index is 5.98. The first-order valence-electron chi connectivity index (χ1n) is 6.11. The highest BCUT2D eigenvalue weighted by molar-refractivity contribution is 4.80. The van der Waals surface area contributed by atoms with Crippen molar-refractivity contribution < 1.29 is 0 Å². The Morgan fingerprint density at radius 3 is 2.57 bits per heavy atom. The van der Waals surface area contributed by atoms with Crippen LogP contribution in [0, 0.1) is 5.92 Å². The Morgan fingerprint density at radius 2 is 2.00 bits per heavy atom. The molecule has 1 saturated carbocycles. The molecule has 0 aliphatic heterocycles. The van der Waals surface area contributed by atoms with Gasteiger partial charge in [0, 0.05) is 18.6 Å². The van der Waals surface area contributed by atoms with Gasteiger partial charge in [0.2, 0.25) is 0 Å². The van der Waals surface area contributed by atoms with Crippen LogP contribution in [-0.2, 0) is 0 Å². The summed E-state index contributed by atoms with van der Waals surface area (Å²) in [5.74, 6) is 0.859. The predicted molar refractivity (Wildman–Crippen MR) is 62.3 cm³/mol. The van der Waals surface area contributed by atoms with Crippen molar-refractivity contribution in [3.05, 3.63) is 0 Å². The Balaban J connectivity index is 2.37. The van der Waals surface area contributed by atoms with Gasteiger partial charge in [-0.1, -0.05) is 26.7 Å². The number of nitrogens with zero attached hydrogens (tertiary/aromatic N) is 1. The summed E-state index contributed by atoms with van der Waals surface area (Å²) >= 11 is 0. The van der Waals surface area contributed by atoms with Gasteiger partial charge in [-0.3, -0.25) is 0 Å². The van der Waals surface area contributed by atoms with Crippen LogP contribution < -0.4 is 5.73 Å². The quantitative estimate of drug-likeness (QED) is 0.750. The zero-order chi connectivity index (χ0) is 10.6. The van der Waals surface area contributed by atoms with E-state index in [1.54, 1.807) is 0 Å². The van der Waals surface area contributed by atoms with E-state index < -0.39 is 0 Å². The van der Waals surface area contributed by atoms with Crippen LogP contribution in [0.5, 0.6) is 0 Å². The third kappa shape index (κ3) is 3.25. The third-order valence-electron chi connectivity index (χ3n) is 3.68. The van der Waals surface area contributed by atoms with Crippen molar-refractivity contribution in [1.82, 2.24) is 4.90 Å². The Labute approximate surface area is 88.8 Å². The van der Waals surface area contributed by atoms with Crippen molar-refractivity contribution in [2.75, 3.05) is 13.6 Å². The van der Waals surface area contributed by atoms with E-state index in [2.05, 4.69) is 25.8 Å². The van der Waals surface area contributed by atoms with Crippen molar-refractivity contribution in [2.24, 2.45) is 11.7 Å². The molecule has 0 amide bonds. The summed E-state index contributed by atoms with van der Waals surface area (Å²) in [5.41, 5.74) is 5.98. The van der Waals surface area contributed by atoms with E-state index in [9.17, 15) is 0 Å². The average Bonchev–Trinajstić information content (AvgIpc) is 2.18. The third-order valence-corrected chi connectivity index (χ3v) is 3.68. The lowest BCUT2D eigenvalue weighted by Gasteiger charge is -2.37. The van der Waals surface area contributed by atoms with Crippen LogP contribution in [0.1, 0.15) is 46.0 Å². The SMILES string of the molecule is CCC(N)CN(C)C1CCCCC1C. The molecule has 1 rings (SSSR count). The van der Waals surface area contributed by atoms with Gasteiger partial charge in [-0.2, -0.15) is 0 Å². The van der Waals surface area contributed by atoms with Gasteiger partial charge >= 0.3 is 0 Å². The van der Waals surface area contributed by atoms with E-state index in [1.807, 2.05) is 0 Å². The van der Waals surface area contributed by atoms with Gasteiger partial charge in [0.25, 0.3) is 0 Å². The topological polar surface area (TPSA) is 29.3 Å². The van der Waals surface area contributed by atoms with Crippen molar-refractivity contribution in [2.45, 2.75) is 58.0 Å². The zero-order valence-corrected chi connectivity index (χ0v) is 10.00. The summed E-state index contributed by atoms with van der Waals surface area (Å²) in [7, 11) is 2.24. The van der Waals surface area contributed by atoms with Gasteiger partial charge in [-0.05, 0) is 32.2 Å². The van der Waals surface area contributed by atoms with E-state index in [1.165, 1.54) is 25.7 Å². The molecule has 0 heterocycles. The minimum Gasteiger partial charge on any atom is -0.327 e. The van der Waals surface area contributed by atoms with E-state index in [0.29, 0.717) is 6.04 Å². The molecule has 2 nitrogen and oxygen atoms in total. The molecule has 1 aliphatic rings. The van der Waals surface area contributed by atoms with Crippen LogP contribution in [0.15, 0.2) is 0 Å². The Bertz CT molecular complexity index is 158. The lowest BCUT2D eigenvalue weighted by molar-refractivity contribution is 0.132. The van der Waals surface area contributed by atoms with Crippen molar-refractivity contribution >= 4 is 0 Å². The van der Waals surface area contributed by atoms with Gasteiger partial charge in [-0.15, -0.1) is 0 Å². The molecule has 0 aromatic rings. The molecule has 3 atom stereocenters. The molecule has 0 spiro atoms. The molecule has 0 saturated heterocycles. The molecule has 0 aromatic carbocycles. The highest BCUT2D eigenvalue weighted by Crippen LogP contribution is 2.27. The normalized spacial score (nSPS) is 30.6. The standard InChI is InChI=1S/C12H26N2/c1-4-11(13)9-14(3)12-8-6-5-7-10(12)2/h10-12H,4-9,13H2,1-3H3. The molecule has 1 fully saturated rings. The fourth-order valence-corrected chi connectivity index (χ4v) is 2.59. The lowest BCUT2D eigenvalue weighted by Crippen LogP contribution is -2.44. The summed E-state index contributed by atoms with van der Waals surface area (Å²) in [4.78, 5) is 2.48. The van der Waals surface area contributed by atoms with E-state index in [0.717, 1.165) is 24.9 Å². The Hall–Kier alpha value is -0.0800. The Morgan fingerprint density at radius 1 is 1.36 bits per heavy atom. The predicted octanol–water partition coefficient (Wildman–Crippen LogP) is 2.23. The molecule has 1 aliphatic carbocycles. The largest absolute Gasteiger partial charge is 0.327 e.